The number of hydrogen-bond donors (Lipinski definition) is 0. The lowest BCUT2D eigenvalue weighted by molar-refractivity contribution is -0.633. The number of aromatic nitrogens is 2. The Morgan fingerprint density at radius 3 is 2.20 bits per heavy atom. The number of benzene rings is 3. The fourth-order valence-corrected chi connectivity index (χ4v) is 4.21. The summed E-state index contributed by atoms with van der Waals surface area (Å²) in [5.74, 6) is 1.72. The minimum Gasteiger partial charge on any atom is -0.225 e. The van der Waals surface area contributed by atoms with Crippen LogP contribution < -0.4 is 4.57 Å². The molecule has 0 saturated heterocycles. The van der Waals surface area contributed by atoms with Gasteiger partial charge in [0, 0.05) is 0 Å². The van der Waals surface area contributed by atoms with Crippen molar-refractivity contribution in [3.8, 4) is 17.1 Å². The molecule has 0 N–H and O–H groups in total. The van der Waals surface area contributed by atoms with Gasteiger partial charge in [-0.05, 0) is 65.3 Å². The van der Waals surface area contributed by atoms with Crippen LogP contribution in [0.1, 0.15) is 57.2 Å². The van der Waals surface area contributed by atoms with Gasteiger partial charge in [0.15, 0.2) is 11.0 Å². The number of imidazole rings is 1. The van der Waals surface area contributed by atoms with Crippen LogP contribution in [0.5, 0.6) is 0 Å². The van der Waals surface area contributed by atoms with Crippen LogP contribution in [0.25, 0.3) is 28.1 Å². The molecular weight excluding hydrogens is 364 g/mol. The van der Waals surface area contributed by atoms with Crippen molar-refractivity contribution >= 4 is 11.0 Å². The van der Waals surface area contributed by atoms with Crippen LogP contribution in [0, 0.1) is 6.92 Å². The predicted molar refractivity (Wildman–Crippen MR) is 127 cm³/mol. The van der Waals surface area contributed by atoms with Crippen LogP contribution in [-0.4, -0.2) is 4.57 Å². The van der Waals surface area contributed by atoms with Gasteiger partial charge in [0.1, 0.15) is 5.69 Å². The van der Waals surface area contributed by atoms with Gasteiger partial charge in [-0.2, -0.15) is 4.57 Å². The van der Waals surface area contributed by atoms with Crippen LogP contribution in [0.2, 0.25) is 0 Å². The lowest BCUT2D eigenvalue weighted by atomic mass is 9.85. The number of aryl methyl sites for hydroxylation is 2. The van der Waals surface area contributed by atoms with E-state index in [4.69, 9.17) is 0 Å². The highest BCUT2D eigenvalue weighted by atomic mass is 15.2. The maximum Gasteiger partial charge on any atom is 0.295 e. The van der Waals surface area contributed by atoms with E-state index in [9.17, 15) is 0 Å². The highest BCUT2D eigenvalue weighted by molar-refractivity contribution is 5.80. The quantitative estimate of drug-likeness (QED) is 0.334. The standard InChI is InChI=1S/C28H33N2/c1-19(2)21-14-16-25-26(17-21)30(23-11-9-8-10-12-23)27(29(25)7)24-18-22(28(4,5)6)15-13-20(24)3/h8-19H,1-7H3/q+1. The van der Waals surface area contributed by atoms with Crippen molar-refractivity contribution in [3.05, 3.63) is 83.4 Å². The summed E-state index contributed by atoms with van der Waals surface area (Å²) in [5, 5.41) is 0. The molecule has 4 rings (SSSR count). The SMILES string of the molecule is Cc1ccc(C(C)(C)C)cc1-c1n(-c2ccccc2)c2cc(C(C)C)ccc2[n+]1C. The number of nitrogens with zero attached hydrogens (tertiary/aromatic N) is 2. The first-order valence-electron chi connectivity index (χ1n) is 10.9. The first-order chi connectivity index (χ1) is 14.2. The van der Waals surface area contributed by atoms with Gasteiger partial charge in [0.2, 0.25) is 0 Å². The summed E-state index contributed by atoms with van der Waals surface area (Å²) in [4.78, 5) is 0. The van der Waals surface area contributed by atoms with E-state index in [1.54, 1.807) is 0 Å². The van der Waals surface area contributed by atoms with E-state index in [-0.39, 0.29) is 5.41 Å². The summed E-state index contributed by atoms with van der Waals surface area (Å²) >= 11 is 0. The van der Waals surface area contributed by atoms with E-state index in [0.717, 1.165) is 0 Å². The van der Waals surface area contributed by atoms with Crippen molar-refractivity contribution < 1.29 is 4.57 Å². The van der Waals surface area contributed by atoms with Gasteiger partial charge >= 0.3 is 0 Å². The lowest BCUT2D eigenvalue weighted by Gasteiger charge is -2.20. The fraction of sp³-hybridized carbons (Fsp3) is 0.321. The maximum absolute atomic E-state index is 2.43. The molecule has 4 aromatic rings. The molecular formula is C28H33N2+. The molecule has 3 aromatic carbocycles. The molecule has 0 aliphatic carbocycles. The van der Waals surface area contributed by atoms with E-state index in [0.29, 0.717) is 5.92 Å². The van der Waals surface area contributed by atoms with E-state index in [1.807, 2.05) is 0 Å². The smallest absolute Gasteiger partial charge is 0.225 e. The van der Waals surface area contributed by atoms with Gasteiger partial charge in [0.05, 0.1) is 12.6 Å². The second kappa shape index (κ2) is 7.43. The highest BCUT2D eigenvalue weighted by Gasteiger charge is 2.28. The van der Waals surface area contributed by atoms with Gasteiger partial charge in [-0.1, -0.05) is 71.0 Å². The summed E-state index contributed by atoms with van der Waals surface area (Å²) in [7, 11) is 2.19. The molecule has 0 saturated carbocycles. The van der Waals surface area contributed by atoms with E-state index >= 15 is 0 Å². The molecule has 1 heterocycles. The predicted octanol–water partition coefficient (Wildman–Crippen LogP) is 6.85. The molecule has 0 aliphatic heterocycles. The average Bonchev–Trinajstić information content (AvgIpc) is 3.00. The van der Waals surface area contributed by atoms with Crippen molar-refractivity contribution in [1.29, 1.82) is 0 Å². The van der Waals surface area contributed by atoms with E-state index < -0.39 is 0 Å². The Balaban J connectivity index is 2.12. The minimum absolute atomic E-state index is 0.107. The van der Waals surface area contributed by atoms with E-state index in [2.05, 4.69) is 124 Å². The van der Waals surface area contributed by atoms with Crippen LogP contribution in [-0.2, 0) is 12.5 Å². The van der Waals surface area contributed by atoms with Crippen molar-refractivity contribution in [2.24, 2.45) is 7.05 Å². The largest absolute Gasteiger partial charge is 0.295 e. The second-order valence-corrected chi connectivity index (χ2v) is 9.74. The Hall–Kier alpha value is -2.87. The van der Waals surface area contributed by atoms with Crippen LogP contribution in [0.4, 0.5) is 0 Å². The zero-order chi connectivity index (χ0) is 21.6. The lowest BCUT2D eigenvalue weighted by Crippen LogP contribution is -2.30. The van der Waals surface area contributed by atoms with Crippen molar-refractivity contribution in [2.45, 2.75) is 52.9 Å². The molecule has 2 heteroatoms. The fourth-order valence-electron chi connectivity index (χ4n) is 4.21. The number of para-hydroxylation sites is 1. The van der Waals surface area contributed by atoms with E-state index in [1.165, 1.54) is 44.8 Å². The Labute approximate surface area is 180 Å². The van der Waals surface area contributed by atoms with Crippen LogP contribution in [0.15, 0.2) is 66.7 Å². The van der Waals surface area contributed by atoms with Gasteiger partial charge in [0.25, 0.3) is 5.82 Å². The Kier molecular flexibility index (Phi) is 5.05. The monoisotopic (exact) mass is 397 g/mol. The molecule has 0 radical (unpaired) electrons. The Morgan fingerprint density at radius 1 is 0.867 bits per heavy atom. The molecule has 0 aliphatic rings. The molecule has 30 heavy (non-hydrogen) atoms. The summed E-state index contributed by atoms with van der Waals surface area (Å²) in [6.45, 7) is 13.6. The van der Waals surface area contributed by atoms with Crippen molar-refractivity contribution in [2.75, 3.05) is 0 Å². The van der Waals surface area contributed by atoms with Gasteiger partial charge in [-0.25, -0.2) is 4.57 Å². The second-order valence-electron chi connectivity index (χ2n) is 9.74. The third-order valence-electron chi connectivity index (χ3n) is 6.16. The van der Waals surface area contributed by atoms with Crippen LogP contribution >= 0.6 is 0 Å². The van der Waals surface area contributed by atoms with Gasteiger partial charge in [-0.3, -0.25) is 0 Å². The van der Waals surface area contributed by atoms with Crippen LogP contribution in [0.3, 0.4) is 0 Å². The van der Waals surface area contributed by atoms with Crippen molar-refractivity contribution in [1.82, 2.24) is 4.57 Å². The first kappa shape index (κ1) is 20.4. The number of rotatable bonds is 3. The molecule has 154 valence electrons. The first-order valence-corrected chi connectivity index (χ1v) is 10.9. The highest BCUT2D eigenvalue weighted by Crippen LogP contribution is 2.33. The van der Waals surface area contributed by atoms with Gasteiger partial charge in [-0.15, -0.1) is 0 Å². The molecule has 0 bridgehead atoms. The molecule has 0 spiro atoms. The zero-order valence-electron chi connectivity index (χ0n) is 19.3. The third-order valence-corrected chi connectivity index (χ3v) is 6.16. The number of hydrogen-bond acceptors (Lipinski definition) is 0. The third kappa shape index (κ3) is 3.45. The normalized spacial score (nSPS) is 12.1. The summed E-state index contributed by atoms with van der Waals surface area (Å²) in [6, 6.07) is 24.5. The summed E-state index contributed by atoms with van der Waals surface area (Å²) < 4.78 is 4.78. The molecule has 2 nitrogen and oxygen atoms in total. The van der Waals surface area contributed by atoms with Gasteiger partial charge < -0.3 is 0 Å². The summed E-state index contributed by atoms with van der Waals surface area (Å²) in [6.07, 6.45) is 0. The summed E-state index contributed by atoms with van der Waals surface area (Å²) in [5.41, 5.74) is 9.11. The zero-order valence-corrected chi connectivity index (χ0v) is 19.3. The average molecular weight is 398 g/mol. The molecule has 0 atom stereocenters. The van der Waals surface area contributed by atoms with Crippen molar-refractivity contribution in [3.63, 3.8) is 0 Å². The topological polar surface area (TPSA) is 8.81 Å². The molecule has 1 aromatic heterocycles. The molecule has 0 unspecified atom stereocenters. The Morgan fingerprint density at radius 2 is 1.57 bits per heavy atom. The molecule has 0 amide bonds. The minimum atomic E-state index is 0.107. The molecule has 0 fully saturated rings. The maximum atomic E-state index is 2.43. The number of fused-ring (bicyclic) bond motifs is 1. The Bertz CT molecular complexity index is 1210.